The van der Waals surface area contributed by atoms with E-state index in [0.717, 1.165) is 11.1 Å². The first-order chi connectivity index (χ1) is 13.7. The molecule has 3 aromatic carbocycles. The van der Waals surface area contributed by atoms with Crippen molar-refractivity contribution < 1.29 is 14.3 Å². The molecule has 0 spiro atoms. The van der Waals surface area contributed by atoms with Gasteiger partial charge in [-0.05, 0) is 23.0 Å². The number of benzene rings is 3. The molecule has 0 heterocycles. The van der Waals surface area contributed by atoms with Crippen LogP contribution in [-0.4, -0.2) is 11.8 Å². The van der Waals surface area contributed by atoms with Gasteiger partial charge in [-0.3, -0.25) is 9.59 Å². The van der Waals surface area contributed by atoms with E-state index in [1.54, 1.807) is 0 Å². The topological polar surface area (TPSA) is 43.4 Å². The zero-order valence-electron chi connectivity index (χ0n) is 15.5. The molecular formula is C25H22O3. The van der Waals surface area contributed by atoms with Crippen LogP contribution in [0.1, 0.15) is 33.8 Å². The molecule has 1 aliphatic carbocycles. The molecule has 0 aromatic heterocycles. The Kier molecular flexibility index (Phi) is 5.34. The van der Waals surface area contributed by atoms with Gasteiger partial charge in [-0.2, -0.15) is 0 Å². The smallest absolute Gasteiger partial charge is 0.306 e. The molecule has 0 aliphatic heterocycles. The summed E-state index contributed by atoms with van der Waals surface area (Å²) >= 11 is 0. The number of ether oxygens (including phenoxy) is 1. The zero-order chi connectivity index (χ0) is 19.3. The van der Waals surface area contributed by atoms with Crippen molar-refractivity contribution in [3.8, 4) is 0 Å². The largest absolute Gasteiger partial charge is 0.461 e. The molecule has 3 heteroatoms. The van der Waals surface area contributed by atoms with Crippen LogP contribution in [0, 0.1) is 11.8 Å². The normalized spacial score (nSPS) is 20.4. The first kappa shape index (κ1) is 18.2. The van der Waals surface area contributed by atoms with E-state index in [-0.39, 0.29) is 42.5 Å². The summed E-state index contributed by atoms with van der Waals surface area (Å²) in [7, 11) is 0. The lowest BCUT2D eigenvalue weighted by atomic mass is 10.0. The van der Waals surface area contributed by atoms with Gasteiger partial charge in [0.2, 0.25) is 0 Å². The highest BCUT2D eigenvalue weighted by atomic mass is 16.5. The summed E-state index contributed by atoms with van der Waals surface area (Å²) in [5, 5.41) is 0. The van der Waals surface area contributed by atoms with Crippen molar-refractivity contribution in [2.75, 3.05) is 0 Å². The minimum atomic E-state index is -0.252. The number of hydrogen-bond acceptors (Lipinski definition) is 3. The van der Waals surface area contributed by atoms with Crippen LogP contribution in [-0.2, 0) is 16.1 Å². The molecular weight excluding hydrogens is 348 g/mol. The second-order valence-corrected chi connectivity index (χ2v) is 7.21. The van der Waals surface area contributed by atoms with Crippen LogP contribution in [0.25, 0.3) is 0 Å². The third-order valence-corrected chi connectivity index (χ3v) is 5.36. The van der Waals surface area contributed by atoms with Crippen molar-refractivity contribution in [3.63, 3.8) is 0 Å². The van der Waals surface area contributed by atoms with Gasteiger partial charge in [0.1, 0.15) is 6.61 Å². The van der Waals surface area contributed by atoms with Gasteiger partial charge < -0.3 is 4.74 Å². The molecule has 3 nitrogen and oxygen atoms in total. The monoisotopic (exact) mass is 370 g/mol. The molecule has 1 fully saturated rings. The van der Waals surface area contributed by atoms with Crippen LogP contribution in [0.2, 0.25) is 0 Å². The highest BCUT2D eigenvalue weighted by Crippen LogP contribution is 2.57. The summed E-state index contributed by atoms with van der Waals surface area (Å²) in [6.07, 6.45) is 0.260. The first-order valence-corrected chi connectivity index (χ1v) is 9.58. The van der Waals surface area contributed by atoms with Crippen molar-refractivity contribution >= 4 is 11.8 Å². The predicted octanol–water partition coefficient (Wildman–Crippen LogP) is 5.03. The molecule has 0 saturated heterocycles. The number of carbonyl (C=O) groups is 2. The number of ketones is 1. The van der Waals surface area contributed by atoms with Crippen molar-refractivity contribution in [2.45, 2.75) is 18.9 Å². The minimum absolute atomic E-state index is 0.0154. The van der Waals surface area contributed by atoms with Gasteiger partial charge in [0.15, 0.2) is 5.78 Å². The maximum Gasteiger partial charge on any atom is 0.306 e. The lowest BCUT2D eigenvalue weighted by Gasteiger charge is -2.05. The first-order valence-electron chi connectivity index (χ1n) is 9.58. The van der Waals surface area contributed by atoms with Gasteiger partial charge in [0.25, 0.3) is 0 Å². The van der Waals surface area contributed by atoms with Gasteiger partial charge in [0.05, 0.1) is 0 Å². The predicted molar refractivity (Wildman–Crippen MR) is 108 cm³/mol. The number of carbonyl (C=O) groups excluding carboxylic acids is 2. The van der Waals surface area contributed by atoms with Crippen LogP contribution in [0.3, 0.4) is 0 Å². The summed E-state index contributed by atoms with van der Waals surface area (Å²) in [4.78, 5) is 25.4. The van der Waals surface area contributed by atoms with E-state index in [1.165, 1.54) is 0 Å². The summed E-state index contributed by atoms with van der Waals surface area (Å²) in [5.41, 5.74) is 2.77. The van der Waals surface area contributed by atoms with E-state index in [1.807, 2.05) is 91.0 Å². The van der Waals surface area contributed by atoms with E-state index in [0.29, 0.717) is 5.56 Å². The van der Waals surface area contributed by atoms with Crippen LogP contribution >= 0.6 is 0 Å². The van der Waals surface area contributed by atoms with Gasteiger partial charge in [-0.25, -0.2) is 0 Å². The Morgan fingerprint density at radius 3 is 1.96 bits per heavy atom. The summed E-state index contributed by atoms with van der Waals surface area (Å²) < 4.78 is 5.45. The molecule has 0 bridgehead atoms. The molecule has 28 heavy (non-hydrogen) atoms. The van der Waals surface area contributed by atoms with Crippen molar-refractivity contribution in [2.24, 2.45) is 11.8 Å². The lowest BCUT2D eigenvalue weighted by Crippen LogP contribution is -2.08. The highest BCUT2D eigenvalue weighted by molar-refractivity contribution is 6.01. The molecule has 4 rings (SSSR count). The van der Waals surface area contributed by atoms with Crippen molar-refractivity contribution in [3.05, 3.63) is 108 Å². The van der Waals surface area contributed by atoms with Gasteiger partial charge in [-0.1, -0.05) is 91.0 Å². The van der Waals surface area contributed by atoms with Gasteiger partial charge in [0, 0.05) is 17.9 Å². The average Bonchev–Trinajstić information content (AvgIpc) is 3.47. The Balaban J connectivity index is 1.45. The number of hydrogen-bond donors (Lipinski definition) is 0. The zero-order valence-corrected chi connectivity index (χ0v) is 15.5. The standard InChI is InChI=1S/C25H22O3/c26-22(28-17-18-10-4-1-5-11-18)16-21-23(19-12-6-2-7-13-19)24(21)25(27)20-14-8-3-9-15-20/h1-15,21,23-24H,16-17H2/t21-,23+,24-/m0/s1. The molecule has 3 aromatic rings. The van der Waals surface area contributed by atoms with Crippen molar-refractivity contribution in [1.82, 2.24) is 0 Å². The minimum Gasteiger partial charge on any atom is -0.461 e. The van der Waals surface area contributed by atoms with Crippen LogP contribution in [0.4, 0.5) is 0 Å². The lowest BCUT2D eigenvalue weighted by molar-refractivity contribution is -0.145. The fourth-order valence-electron chi connectivity index (χ4n) is 3.90. The molecule has 0 unspecified atom stereocenters. The van der Waals surface area contributed by atoms with E-state index in [2.05, 4.69) is 0 Å². The SMILES string of the molecule is O=C(C[C@@H]1[C@H](C(=O)c2ccccc2)[C@@H]1c1ccccc1)OCc1ccccc1. The van der Waals surface area contributed by atoms with Gasteiger partial charge in [-0.15, -0.1) is 0 Å². The maximum atomic E-state index is 13.0. The number of Topliss-reactive ketones (excluding diaryl/α,β-unsaturated/α-hetero) is 1. The Labute approximate surface area is 165 Å². The third kappa shape index (κ3) is 4.04. The fourth-order valence-corrected chi connectivity index (χ4v) is 3.90. The van der Waals surface area contributed by atoms with Gasteiger partial charge >= 0.3 is 5.97 Å². The quantitative estimate of drug-likeness (QED) is 0.433. The number of rotatable bonds is 7. The summed E-state index contributed by atoms with van der Waals surface area (Å²) in [6.45, 7) is 0.264. The second-order valence-electron chi connectivity index (χ2n) is 7.21. The molecule has 0 radical (unpaired) electrons. The number of esters is 1. The molecule has 140 valence electrons. The van der Waals surface area contributed by atoms with E-state index in [4.69, 9.17) is 4.74 Å². The highest BCUT2D eigenvalue weighted by Gasteiger charge is 2.55. The Hall–Kier alpha value is -3.20. The van der Waals surface area contributed by atoms with Crippen LogP contribution in [0.15, 0.2) is 91.0 Å². The molecule has 1 aliphatic rings. The third-order valence-electron chi connectivity index (χ3n) is 5.36. The molecule has 0 N–H and O–H groups in total. The maximum absolute atomic E-state index is 13.0. The summed E-state index contributed by atoms with van der Waals surface area (Å²) in [6, 6.07) is 28.9. The second kappa shape index (κ2) is 8.22. The Morgan fingerprint density at radius 2 is 1.32 bits per heavy atom. The van der Waals surface area contributed by atoms with Crippen LogP contribution in [0.5, 0.6) is 0 Å². The van der Waals surface area contributed by atoms with E-state index in [9.17, 15) is 9.59 Å². The average molecular weight is 370 g/mol. The molecule has 1 saturated carbocycles. The van der Waals surface area contributed by atoms with E-state index >= 15 is 0 Å². The Morgan fingerprint density at radius 1 is 0.750 bits per heavy atom. The van der Waals surface area contributed by atoms with E-state index < -0.39 is 0 Å². The van der Waals surface area contributed by atoms with Crippen molar-refractivity contribution in [1.29, 1.82) is 0 Å². The summed E-state index contributed by atoms with van der Waals surface area (Å²) in [5.74, 6) is -0.265. The fraction of sp³-hybridized carbons (Fsp3) is 0.200. The van der Waals surface area contributed by atoms with Crippen LogP contribution < -0.4 is 0 Å². The molecule has 0 amide bonds. The Bertz CT molecular complexity index is 935. The molecule has 3 atom stereocenters.